The van der Waals surface area contributed by atoms with Crippen LogP contribution < -0.4 is 5.73 Å². The number of fused-ring (bicyclic) bond motifs is 1. The van der Waals surface area contributed by atoms with E-state index >= 15 is 0 Å². The van der Waals surface area contributed by atoms with Gasteiger partial charge in [0, 0.05) is 29.5 Å². The van der Waals surface area contributed by atoms with Gasteiger partial charge in [-0.25, -0.2) is 0 Å². The molecule has 0 aliphatic heterocycles. The SMILES string of the molecule is CC(C)[Si](C(C)C)(C(C)C)n1cc(-c2ccc3cnccc3c2)cc1N. The fourth-order valence-electron chi connectivity index (χ4n) is 5.07. The smallest absolute Gasteiger partial charge is 0.171 e. The molecule has 3 nitrogen and oxygen atoms in total. The molecule has 1 aromatic carbocycles. The number of nitrogens with two attached hydrogens (primary N) is 1. The Hall–Kier alpha value is -2.07. The third-order valence-corrected chi connectivity index (χ3v) is 12.8. The van der Waals surface area contributed by atoms with Crippen LogP contribution in [0.15, 0.2) is 48.9 Å². The van der Waals surface area contributed by atoms with Gasteiger partial charge in [-0.2, -0.15) is 0 Å². The molecule has 0 aliphatic carbocycles. The van der Waals surface area contributed by atoms with Crippen LogP contribution in [-0.4, -0.2) is 17.5 Å². The van der Waals surface area contributed by atoms with Crippen LogP contribution in [0.2, 0.25) is 16.6 Å². The van der Waals surface area contributed by atoms with Crippen molar-refractivity contribution >= 4 is 24.8 Å². The Morgan fingerprint density at radius 3 is 2.12 bits per heavy atom. The van der Waals surface area contributed by atoms with Gasteiger partial charge < -0.3 is 9.97 Å². The first-order valence-corrected chi connectivity index (χ1v) is 11.8. The highest BCUT2D eigenvalue weighted by molar-refractivity contribution is 6.82. The van der Waals surface area contributed by atoms with Crippen molar-refractivity contribution in [3.8, 4) is 11.1 Å². The molecule has 3 aromatic rings. The van der Waals surface area contributed by atoms with Crippen LogP contribution in [0.3, 0.4) is 0 Å². The lowest BCUT2D eigenvalue weighted by Gasteiger charge is -2.44. The van der Waals surface area contributed by atoms with Crippen molar-refractivity contribution in [2.24, 2.45) is 0 Å². The van der Waals surface area contributed by atoms with E-state index < -0.39 is 8.24 Å². The van der Waals surface area contributed by atoms with Crippen molar-refractivity contribution < 1.29 is 0 Å². The molecule has 0 atom stereocenters. The molecule has 26 heavy (non-hydrogen) atoms. The Kier molecular flexibility index (Phi) is 4.98. The maximum atomic E-state index is 6.58. The van der Waals surface area contributed by atoms with E-state index in [1.807, 2.05) is 12.4 Å². The number of benzene rings is 1. The van der Waals surface area contributed by atoms with Gasteiger partial charge in [0.25, 0.3) is 0 Å². The lowest BCUT2D eigenvalue weighted by molar-refractivity contribution is 0.768. The van der Waals surface area contributed by atoms with Gasteiger partial charge >= 0.3 is 0 Å². The highest BCUT2D eigenvalue weighted by Crippen LogP contribution is 2.45. The molecular weight excluding hydrogens is 334 g/mol. The molecule has 0 radical (unpaired) electrons. The van der Waals surface area contributed by atoms with Crippen LogP contribution >= 0.6 is 0 Å². The van der Waals surface area contributed by atoms with Crippen molar-refractivity contribution in [1.82, 2.24) is 9.22 Å². The van der Waals surface area contributed by atoms with Gasteiger partial charge in [-0.05, 0) is 45.8 Å². The van der Waals surface area contributed by atoms with E-state index in [1.54, 1.807) is 0 Å². The third-order valence-electron chi connectivity index (χ3n) is 6.02. The molecule has 4 heteroatoms. The molecule has 2 N–H and O–H groups in total. The van der Waals surface area contributed by atoms with Crippen LogP contribution in [0.4, 0.5) is 5.82 Å². The number of pyridine rings is 1. The Bertz CT molecular complexity index is 887. The Balaban J connectivity index is 2.15. The number of rotatable bonds is 5. The van der Waals surface area contributed by atoms with Gasteiger partial charge in [-0.1, -0.05) is 53.7 Å². The number of nitrogen functional groups attached to an aromatic ring is 1. The third kappa shape index (κ3) is 2.86. The van der Waals surface area contributed by atoms with E-state index in [0.717, 1.165) is 5.82 Å². The molecule has 0 saturated heterocycles. The first-order chi connectivity index (χ1) is 12.3. The van der Waals surface area contributed by atoms with Crippen molar-refractivity contribution in [1.29, 1.82) is 0 Å². The number of hydrogen-bond acceptors (Lipinski definition) is 2. The molecule has 0 saturated carbocycles. The minimum Gasteiger partial charge on any atom is -0.386 e. The zero-order valence-electron chi connectivity index (χ0n) is 16.8. The molecule has 0 fully saturated rings. The lowest BCUT2D eigenvalue weighted by atomic mass is 10.0. The Labute approximate surface area is 158 Å². The van der Waals surface area contributed by atoms with E-state index in [0.29, 0.717) is 16.6 Å². The quantitative estimate of drug-likeness (QED) is 0.538. The summed E-state index contributed by atoms with van der Waals surface area (Å²) in [7, 11) is -1.83. The summed E-state index contributed by atoms with van der Waals surface area (Å²) in [5, 5.41) is 2.38. The van der Waals surface area contributed by atoms with E-state index in [9.17, 15) is 0 Å². The minimum absolute atomic E-state index is 0.618. The van der Waals surface area contributed by atoms with Crippen LogP contribution in [0.5, 0.6) is 0 Å². The Morgan fingerprint density at radius 2 is 1.50 bits per heavy atom. The maximum absolute atomic E-state index is 6.58. The summed E-state index contributed by atoms with van der Waals surface area (Å²) >= 11 is 0. The van der Waals surface area contributed by atoms with Crippen LogP contribution in [0, 0.1) is 0 Å². The maximum Gasteiger partial charge on any atom is 0.171 e. The van der Waals surface area contributed by atoms with Gasteiger partial charge in [0.2, 0.25) is 0 Å². The summed E-state index contributed by atoms with van der Waals surface area (Å²) in [6.45, 7) is 14.2. The second-order valence-corrected chi connectivity index (χ2v) is 14.0. The van der Waals surface area contributed by atoms with Gasteiger partial charge in [0.15, 0.2) is 8.24 Å². The average Bonchev–Trinajstić information content (AvgIpc) is 2.96. The average molecular weight is 366 g/mol. The molecule has 0 amide bonds. The van der Waals surface area contributed by atoms with Gasteiger partial charge in [0.1, 0.15) is 0 Å². The van der Waals surface area contributed by atoms with Crippen molar-refractivity contribution in [3.63, 3.8) is 0 Å². The van der Waals surface area contributed by atoms with Gasteiger partial charge in [-0.3, -0.25) is 4.98 Å². The summed E-state index contributed by atoms with van der Waals surface area (Å²) in [5.74, 6) is 0.901. The molecular formula is C22H31N3Si. The second-order valence-electron chi connectivity index (χ2n) is 8.31. The molecule has 0 unspecified atom stereocenters. The molecule has 2 aromatic heterocycles. The molecule has 0 spiro atoms. The van der Waals surface area contributed by atoms with Crippen molar-refractivity contribution in [2.45, 2.75) is 58.2 Å². The predicted molar refractivity (Wildman–Crippen MR) is 116 cm³/mol. The number of anilines is 1. The molecule has 3 rings (SSSR count). The molecule has 2 heterocycles. The minimum atomic E-state index is -1.83. The highest BCUT2D eigenvalue weighted by atomic mass is 28.3. The van der Waals surface area contributed by atoms with Crippen LogP contribution in [0.1, 0.15) is 41.5 Å². The topological polar surface area (TPSA) is 43.8 Å². The zero-order valence-corrected chi connectivity index (χ0v) is 17.8. The normalized spacial score (nSPS) is 12.7. The predicted octanol–water partition coefficient (Wildman–Crippen LogP) is 6.31. The van der Waals surface area contributed by atoms with Crippen molar-refractivity contribution in [3.05, 3.63) is 48.9 Å². The zero-order chi connectivity index (χ0) is 19.1. The lowest BCUT2D eigenvalue weighted by Crippen LogP contribution is -2.52. The second kappa shape index (κ2) is 6.91. The van der Waals surface area contributed by atoms with Crippen molar-refractivity contribution in [2.75, 3.05) is 5.73 Å². The van der Waals surface area contributed by atoms with Crippen LogP contribution in [-0.2, 0) is 0 Å². The fourth-order valence-corrected chi connectivity index (χ4v) is 11.6. The standard InChI is InChI=1S/C22H31N3Si/c1-15(2)26(16(3)4,17(5)6)25-14-21(12-22(25)23)18-7-8-20-13-24-10-9-19(20)11-18/h7-17H,23H2,1-6H3. The highest BCUT2D eigenvalue weighted by Gasteiger charge is 2.46. The molecule has 0 aliphatic rings. The van der Waals surface area contributed by atoms with E-state index in [-0.39, 0.29) is 0 Å². The van der Waals surface area contributed by atoms with Gasteiger partial charge in [-0.15, -0.1) is 0 Å². The largest absolute Gasteiger partial charge is 0.386 e. The monoisotopic (exact) mass is 365 g/mol. The fraction of sp³-hybridized carbons (Fsp3) is 0.409. The summed E-state index contributed by atoms with van der Waals surface area (Å²) in [4.78, 5) is 4.21. The summed E-state index contributed by atoms with van der Waals surface area (Å²) in [5.41, 5.74) is 10.9. The summed E-state index contributed by atoms with van der Waals surface area (Å²) in [6.07, 6.45) is 6.07. The van der Waals surface area contributed by atoms with Crippen LogP contribution in [0.25, 0.3) is 21.9 Å². The molecule has 0 bridgehead atoms. The van der Waals surface area contributed by atoms with Gasteiger partial charge in [0.05, 0.1) is 5.82 Å². The number of hydrogen-bond donors (Lipinski definition) is 1. The number of aromatic nitrogens is 2. The first kappa shape index (κ1) is 18.7. The van der Waals surface area contributed by atoms with E-state index in [1.165, 1.54) is 21.9 Å². The number of nitrogens with zero attached hydrogens (tertiary/aromatic N) is 2. The Morgan fingerprint density at radius 1 is 0.846 bits per heavy atom. The summed E-state index contributed by atoms with van der Waals surface area (Å²) in [6, 6.07) is 10.8. The first-order valence-electron chi connectivity index (χ1n) is 9.61. The molecule has 138 valence electrons. The van der Waals surface area contributed by atoms with E-state index in [2.05, 4.69) is 87.3 Å². The summed E-state index contributed by atoms with van der Waals surface area (Å²) < 4.78 is 2.47. The van der Waals surface area contributed by atoms with E-state index in [4.69, 9.17) is 5.73 Å².